The van der Waals surface area contributed by atoms with Gasteiger partial charge in [-0.05, 0) is 25.5 Å². The smallest absolute Gasteiger partial charge is 0.319 e. The number of hydrogen-bond donors (Lipinski definition) is 2. The summed E-state index contributed by atoms with van der Waals surface area (Å²) in [6.07, 6.45) is 1.18. The van der Waals surface area contributed by atoms with Gasteiger partial charge in [0.1, 0.15) is 11.5 Å². The summed E-state index contributed by atoms with van der Waals surface area (Å²) in [4.78, 5) is 14.7. The minimum atomic E-state index is -0.225. The van der Waals surface area contributed by atoms with E-state index >= 15 is 0 Å². The number of nitrogens with zero attached hydrogens (tertiary/aromatic N) is 1. The van der Waals surface area contributed by atoms with E-state index in [1.807, 2.05) is 0 Å². The zero-order chi connectivity index (χ0) is 17.1. The maximum Gasteiger partial charge on any atom is 0.319 e. The fourth-order valence-electron chi connectivity index (χ4n) is 3.39. The molecule has 2 amide bonds. The summed E-state index contributed by atoms with van der Waals surface area (Å²) >= 11 is 0. The third-order valence-corrected chi connectivity index (χ3v) is 4.58. The average Bonchev–Trinajstić information content (AvgIpc) is 2.96. The number of nitrogens with one attached hydrogen (secondary N) is 2. The van der Waals surface area contributed by atoms with Crippen molar-refractivity contribution in [3.8, 4) is 11.5 Å². The van der Waals surface area contributed by atoms with Crippen LogP contribution in [0.2, 0.25) is 0 Å². The molecular weight excluding hydrogens is 310 g/mol. The monoisotopic (exact) mass is 335 g/mol. The number of methoxy groups -OCH3 is 2. The van der Waals surface area contributed by atoms with E-state index in [9.17, 15) is 4.79 Å². The van der Waals surface area contributed by atoms with Crippen molar-refractivity contribution in [3.63, 3.8) is 0 Å². The Hall–Kier alpha value is -1.99. The van der Waals surface area contributed by atoms with Crippen molar-refractivity contribution in [3.05, 3.63) is 18.2 Å². The molecular formula is C17H25N3O4. The maximum atomic E-state index is 12.3. The second-order valence-electron chi connectivity index (χ2n) is 6.35. The lowest BCUT2D eigenvalue weighted by molar-refractivity contribution is -0.0390. The van der Waals surface area contributed by atoms with Gasteiger partial charge in [-0.15, -0.1) is 0 Å². The van der Waals surface area contributed by atoms with Crippen molar-refractivity contribution in [1.82, 2.24) is 10.2 Å². The van der Waals surface area contributed by atoms with E-state index in [1.54, 1.807) is 32.4 Å². The van der Waals surface area contributed by atoms with Crippen molar-refractivity contribution in [1.29, 1.82) is 0 Å². The van der Waals surface area contributed by atoms with E-state index < -0.39 is 0 Å². The predicted octanol–water partition coefficient (Wildman–Crippen LogP) is 1.69. The standard InChI is InChI=1S/C17H25N3O4/c1-11-8-20-9-12(6-13(20)10-24-11)18-17(21)19-15-5-4-14(22-2)7-16(15)23-3/h4-5,7,11-13H,6,8-10H2,1-3H3,(H2,18,19,21)/t11-,12-,13+/m1/s1. The van der Waals surface area contributed by atoms with E-state index in [0.717, 1.165) is 26.1 Å². The Kier molecular flexibility index (Phi) is 5.11. The Labute approximate surface area is 142 Å². The number of morpholine rings is 1. The van der Waals surface area contributed by atoms with Crippen molar-refractivity contribution in [2.45, 2.75) is 31.5 Å². The summed E-state index contributed by atoms with van der Waals surface area (Å²) in [6, 6.07) is 5.61. The number of anilines is 1. The van der Waals surface area contributed by atoms with Crippen LogP contribution < -0.4 is 20.1 Å². The van der Waals surface area contributed by atoms with Crippen molar-refractivity contribution < 1.29 is 19.0 Å². The third-order valence-electron chi connectivity index (χ3n) is 4.58. The van der Waals surface area contributed by atoms with Crippen molar-refractivity contribution >= 4 is 11.7 Å². The fourth-order valence-corrected chi connectivity index (χ4v) is 3.39. The number of fused-ring (bicyclic) bond motifs is 1. The number of carbonyl (C=O) groups excluding carboxylic acids is 1. The first-order valence-electron chi connectivity index (χ1n) is 8.24. The maximum absolute atomic E-state index is 12.3. The highest BCUT2D eigenvalue weighted by atomic mass is 16.5. The number of amides is 2. The minimum absolute atomic E-state index is 0.133. The van der Waals surface area contributed by atoms with Gasteiger partial charge in [0, 0.05) is 31.2 Å². The highest BCUT2D eigenvalue weighted by molar-refractivity contribution is 5.91. The molecule has 0 unspecified atom stereocenters. The van der Waals surface area contributed by atoms with Gasteiger partial charge in [0.25, 0.3) is 0 Å². The number of rotatable bonds is 4. The average molecular weight is 335 g/mol. The van der Waals surface area contributed by atoms with E-state index in [4.69, 9.17) is 14.2 Å². The Morgan fingerprint density at radius 1 is 1.29 bits per heavy atom. The fraction of sp³-hybridized carbons (Fsp3) is 0.588. The molecule has 1 aromatic rings. The molecule has 2 saturated heterocycles. The molecule has 2 aliphatic rings. The first-order chi connectivity index (χ1) is 11.6. The molecule has 7 heteroatoms. The highest BCUT2D eigenvalue weighted by Crippen LogP contribution is 2.29. The van der Waals surface area contributed by atoms with Crippen LogP contribution >= 0.6 is 0 Å². The van der Waals surface area contributed by atoms with E-state index in [1.165, 1.54) is 0 Å². The molecule has 24 heavy (non-hydrogen) atoms. The molecule has 0 radical (unpaired) electrons. The molecule has 0 spiro atoms. The SMILES string of the molecule is COc1ccc(NC(=O)N[C@@H]2C[C@H]3CO[C@H](C)CN3C2)c(OC)c1. The number of urea groups is 1. The molecule has 1 aromatic carbocycles. The second-order valence-corrected chi connectivity index (χ2v) is 6.35. The summed E-state index contributed by atoms with van der Waals surface area (Å²) in [5.41, 5.74) is 0.614. The number of carbonyl (C=O) groups is 1. The Bertz CT molecular complexity index is 595. The summed E-state index contributed by atoms with van der Waals surface area (Å²) in [7, 11) is 3.15. The first kappa shape index (κ1) is 16.9. The van der Waals surface area contributed by atoms with Gasteiger partial charge in [-0.3, -0.25) is 4.90 Å². The van der Waals surface area contributed by atoms with Gasteiger partial charge >= 0.3 is 6.03 Å². The van der Waals surface area contributed by atoms with Crippen LogP contribution in [0.4, 0.5) is 10.5 Å². The minimum Gasteiger partial charge on any atom is -0.497 e. The van der Waals surface area contributed by atoms with Gasteiger partial charge in [0.15, 0.2) is 0 Å². The van der Waals surface area contributed by atoms with Crippen LogP contribution in [0.1, 0.15) is 13.3 Å². The van der Waals surface area contributed by atoms with Crippen LogP contribution in [-0.4, -0.2) is 63.0 Å². The van der Waals surface area contributed by atoms with Crippen molar-refractivity contribution in [2.24, 2.45) is 0 Å². The molecule has 2 fully saturated rings. The molecule has 7 nitrogen and oxygen atoms in total. The van der Waals surface area contributed by atoms with Crippen LogP contribution in [0.25, 0.3) is 0 Å². The number of hydrogen-bond acceptors (Lipinski definition) is 5. The van der Waals surface area contributed by atoms with Crippen LogP contribution in [-0.2, 0) is 4.74 Å². The predicted molar refractivity (Wildman–Crippen MR) is 90.9 cm³/mol. The number of ether oxygens (including phenoxy) is 3. The van der Waals surface area contributed by atoms with E-state index in [-0.39, 0.29) is 18.2 Å². The van der Waals surface area contributed by atoms with Crippen LogP contribution in [0.5, 0.6) is 11.5 Å². The van der Waals surface area contributed by atoms with Gasteiger partial charge in [-0.25, -0.2) is 4.79 Å². The molecule has 3 atom stereocenters. The Morgan fingerprint density at radius 3 is 2.88 bits per heavy atom. The zero-order valence-electron chi connectivity index (χ0n) is 14.4. The molecule has 2 N–H and O–H groups in total. The molecule has 0 bridgehead atoms. The first-order valence-corrected chi connectivity index (χ1v) is 8.24. The largest absolute Gasteiger partial charge is 0.497 e. The van der Waals surface area contributed by atoms with Crippen LogP contribution in [0.15, 0.2) is 18.2 Å². The summed E-state index contributed by atoms with van der Waals surface area (Å²) in [5.74, 6) is 1.25. The highest BCUT2D eigenvalue weighted by Gasteiger charge is 2.36. The molecule has 2 heterocycles. The van der Waals surface area contributed by atoms with Gasteiger partial charge < -0.3 is 24.8 Å². The van der Waals surface area contributed by atoms with Gasteiger partial charge in [0.05, 0.1) is 32.6 Å². The quantitative estimate of drug-likeness (QED) is 0.876. The topological polar surface area (TPSA) is 72.1 Å². The lowest BCUT2D eigenvalue weighted by Gasteiger charge is -2.33. The second kappa shape index (κ2) is 7.27. The van der Waals surface area contributed by atoms with Crippen molar-refractivity contribution in [2.75, 3.05) is 39.2 Å². The van der Waals surface area contributed by atoms with Gasteiger partial charge in [-0.1, -0.05) is 0 Å². The normalized spacial score (nSPS) is 26.5. The number of benzene rings is 1. The molecule has 2 aliphatic heterocycles. The lowest BCUT2D eigenvalue weighted by atomic mass is 10.1. The molecule has 3 rings (SSSR count). The summed E-state index contributed by atoms with van der Waals surface area (Å²) in [6.45, 7) is 4.62. The van der Waals surface area contributed by atoms with Gasteiger partial charge in [-0.2, -0.15) is 0 Å². The third kappa shape index (κ3) is 3.73. The van der Waals surface area contributed by atoms with E-state index in [2.05, 4.69) is 22.5 Å². The van der Waals surface area contributed by atoms with E-state index in [0.29, 0.717) is 23.2 Å². The molecule has 0 aromatic heterocycles. The van der Waals surface area contributed by atoms with Crippen LogP contribution in [0, 0.1) is 0 Å². The van der Waals surface area contributed by atoms with Crippen LogP contribution in [0.3, 0.4) is 0 Å². The summed E-state index contributed by atoms with van der Waals surface area (Å²) in [5, 5.41) is 5.89. The lowest BCUT2D eigenvalue weighted by Crippen LogP contribution is -2.45. The Balaban J connectivity index is 1.56. The molecule has 132 valence electrons. The summed E-state index contributed by atoms with van der Waals surface area (Å²) < 4.78 is 16.2. The zero-order valence-corrected chi connectivity index (χ0v) is 14.4. The van der Waals surface area contributed by atoms with Gasteiger partial charge in [0.2, 0.25) is 0 Å². The Morgan fingerprint density at radius 2 is 2.12 bits per heavy atom. The molecule has 0 aliphatic carbocycles. The molecule has 0 saturated carbocycles.